The second-order valence-corrected chi connectivity index (χ2v) is 4.12. The molecule has 0 aromatic heterocycles. The van der Waals surface area contributed by atoms with Crippen molar-refractivity contribution in [2.75, 3.05) is 6.61 Å². The number of carbonyl (C=O) groups excluding carboxylic acids is 1. The van der Waals surface area contributed by atoms with E-state index in [1.54, 1.807) is 0 Å². The van der Waals surface area contributed by atoms with Gasteiger partial charge in [0.25, 0.3) is 0 Å². The van der Waals surface area contributed by atoms with Gasteiger partial charge in [-0.2, -0.15) is 0 Å². The topological polar surface area (TPSA) is 46.5 Å². The average Bonchev–Trinajstić information content (AvgIpc) is 2.01. The molecule has 0 fully saturated rings. The van der Waals surface area contributed by atoms with Crippen LogP contribution < -0.4 is 0 Å². The predicted molar refractivity (Wildman–Crippen MR) is 55.9 cm³/mol. The van der Waals surface area contributed by atoms with Crippen LogP contribution in [0.25, 0.3) is 0 Å². The minimum Gasteiger partial charge on any atom is -0.466 e. The summed E-state index contributed by atoms with van der Waals surface area (Å²) in [7, 11) is 0. The zero-order valence-electron chi connectivity index (χ0n) is 9.45. The van der Waals surface area contributed by atoms with Crippen LogP contribution in [0.5, 0.6) is 0 Å². The van der Waals surface area contributed by atoms with Gasteiger partial charge in [-0.3, -0.25) is 4.79 Å². The molecule has 0 amide bonds. The third-order valence-corrected chi connectivity index (χ3v) is 1.98. The molecule has 84 valence electrons. The Labute approximate surface area is 86.5 Å². The number of esters is 1. The van der Waals surface area contributed by atoms with Crippen molar-refractivity contribution in [2.45, 2.75) is 52.6 Å². The summed E-state index contributed by atoms with van der Waals surface area (Å²) in [6, 6.07) is 0. The first kappa shape index (κ1) is 13.4. The number of carbonyl (C=O) groups is 1. The fraction of sp³-hybridized carbons (Fsp3) is 0.909. The molecular formula is C11H22O3. The van der Waals surface area contributed by atoms with Gasteiger partial charge in [-0.1, -0.05) is 13.8 Å². The largest absolute Gasteiger partial charge is 0.466 e. The van der Waals surface area contributed by atoms with Crippen LogP contribution in [0, 0.1) is 5.92 Å². The van der Waals surface area contributed by atoms with Crippen molar-refractivity contribution < 1.29 is 14.6 Å². The standard InChI is InChI=1S/C11H22O3/c1-9(2)8-11(13)6-4-5-7-14-10(3)12/h9,11,13H,4-8H2,1-3H3. The van der Waals surface area contributed by atoms with E-state index in [4.69, 9.17) is 4.74 Å². The van der Waals surface area contributed by atoms with E-state index >= 15 is 0 Å². The third kappa shape index (κ3) is 9.52. The van der Waals surface area contributed by atoms with Gasteiger partial charge in [-0.15, -0.1) is 0 Å². The van der Waals surface area contributed by atoms with Crippen LogP contribution in [0.3, 0.4) is 0 Å². The number of unbranched alkanes of at least 4 members (excludes halogenated alkanes) is 1. The first-order valence-electron chi connectivity index (χ1n) is 5.33. The quantitative estimate of drug-likeness (QED) is 0.508. The van der Waals surface area contributed by atoms with Crippen LogP contribution in [0.15, 0.2) is 0 Å². The number of ether oxygens (including phenoxy) is 1. The van der Waals surface area contributed by atoms with Crippen LogP contribution >= 0.6 is 0 Å². The summed E-state index contributed by atoms with van der Waals surface area (Å²) >= 11 is 0. The Morgan fingerprint density at radius 3 is 2.50 bits per heavy atom. The maximum atomic E-state index is 10.4. The van der Waals surface area contributed by atoms with Crippen molar-refractivity contribution in [3.63, 3.8) is 0 Å². The monoisotopic (exact) mass is 202 g/mol. The van der Waals surface area contributed by atoms with Gasteiger partial charge >= 0.3 is 5.97 Å². The van der Waals surface area contributed by atoms with E-state index in [0.29, 0.717) is 12.5 Å². The lowest BCUT2D eigenvalue weighted by molar-refractivity contribution is -0.141. The number of aliphatic hydroxyl groups excluding tert-OH is 1. The first-order chi connectivity index (χ1) is 6.52. The molecule has 1 atom stereocenters. The Kier molecular flexibility index (Phi) is 7.48. The molecule has 0 radical (unpaired) electrons. The second-order valence-electron chi connectivity index (χ2n) is 4.12. The lowest BCUT2D eigenvalue weighted by Gasteiger charge is -2.12. The molecule has 1 N–H and O–H groups in total. The van der Waals surface area contributed by atoms with Gasteiger partial charge in [-0.25, -0.2) is 0 Å². The molecule has 0 aliphatic carbocycles. The Bertz CT molecular complexity index is 155. The van der Waals surface area contributed by atoms with E-state index in [-0.39, 0.29) is 12.1 Å². The summed E-state index contributed by atoms with van der Waals surface area (Å²) in [5, 5.41) is 9.52. The molecule has 0 heterocycles. The molecule has 0 aromatic rings. The molecule has 0 aromatic carbocycles. The minimum atomic E-state index is -0.229. The molecule has 0 spiro atoms. The number of hydrogen-bond donors (Lipinski definition) is 1. The summed E-state index contributed by atoms with van der Waals surface area (Å²) < 4.78 is 4.78. The lowest BCUT2D eigenvalue weighted by atomic mass is 10.0. The predicted octanol–water partition coefficient (Wildman–Crippen LogP) is 2.13. The molecule has 0 rings (SSSR count). The molecule has 3 heteroatoms. The molecule has 0 saturated carbocycles. The number of hydrogen-bond acceptors (Lipinski definition) is 3. The van der Waals surface area contributed by atoms with E-state index < -0.39 is 0 Å². The molecule has 3 nitrogen and oxygen atoms in total. The van der Waals surface area contributed by atoms with Crippen molar-refractivity contribution in [1.82, 2.24) is 0 Å². The van der Waals surface area contributed by atoms with E-state index in [9.17, 15) is 9.90 Å². The van der Waals surface area contributed by atoms with Crippen molar-refractivity contribution in [3.8, 4) is 0 Å². The lowest BCUT2D eigenvalue weighted by Crippen LogP contribution is -2.10. The Morgan fingerprint density at radius 2 is 2.00 bits per heavy atom. The summed E-state index contributed by atoms with van der Waals surface area (Å²) in [6.07, 6.45) is 3.22. The molecule has 0 saturated heterocycles. The summed E-state index contributed by atoms with van der Waals surface area (Å²) in [5.41, 5.74) is 0. The van der Waals surface area contributed by atoms with Crippen molar-refractivity contribution in [1.29, 1.82) is 0 Å². The van der Waals surface area contributed by atoms with E-state index in [1.807, 2.05) is 0 Å². The minimum absolute atomic E-state index is 0.202. The average molecular weight is 202 g/mol. The van der Waals surface area contributed by atoms with Crippen LogP contribution in [0.4, 0.5) is 0 Å². The van der Waals surface area contributed by atoms with Gasteiger partial charge in [0.05, 0.1) is 12.7 Å². The smallest absolute Gasteiger partial charge is 0.302 e. The highest BCUT2D eigenvalue weighted by Gasteiger charge is 2.06. The van der Waals surface area contributed by atoms with Gasteiger partial charge in [0.15, 0.2) is 0 Å². The van der Waals surface area contributed by atoms with Crippen LogP contribution in [0.2, 0.25) is 0 Å². The van der Waals surface area contributed by atoms with Crippen molar-refractivity contribution in [2.24, 2.45) is 5.92 Å². The zero-order chi connectivity index (χ0) is 11.0. The van der Waals surface area contributed by atoms with Gasteiger partial charge in [0.1, 0.15) is 0 Å². The van der Waals surface area contributed by atoms with E-state index in [0.717, 1.165) is 25.7 Å². The first-order valence-corrected chi connectivity index (χ1v) is 5.33. The number of aliphatic hydroxyl groups is 1. The van der Waals surface area contributed by atoms with Crippen molar-refractivity contribution >= 4 is 5.97 Å². The zero-order valence-corrected chi connectivity index (χ0v) is 9.45. The fourth-order valence-corrected chi connectivity index (χ4v) is 1.36. The molecule has 14 heavy (non-hydrogen) atoms. The normalized spacial score (nSPS) is 12.9. The Hall–Kier alpha value is -0.570. The van der Waals surface area contributed by atoms with E-state index in [2.05, 4.69) is 13.8 Å². The highest BCUT2D eigenvalue weighted by Crippen LogP contribution is 2.10. The highest BCUT2D eigenvalue weighted by molar-refractivity contribution is 5.65. The Morgan fingerprint density at radius 1 is 1.36 bits per heavy atom. The SMILES string of the molecule is CC(=O)OCCCCC(O)CC(C)C. The summed E-state index contributed by atoms with van der Waals surface area (Å²) in [4.78, 5) is 10.4. The van der Waals surface area contributed by atoms with Crippen LogP contribution in [-0.2, 0) is 9.53 Å². The summed E-state index contributed by atoms with van der Waals surface area (Å²) in [6.45, 7) is 6.08. The highest BCUT2D eigenvalue weighted by atomic mass is 16.5. The molecule has 0 bridgehead atoms. The fourth-order valence-electron chi connectivity index (χ4n) is 1.36. The molecule has 0 aliphatic heterocycles. The molecule has 1 unspecified atom stereocenters. The maximum Gasteiger partial charge on any atom is 0.302 e. The van der Waals surface area contributed by atoms with Crippen molar-refractivity contribution in [3.05, 3.63) is 0 Å². The molecule has 0 aliphatic rings. The van der Waals surface area contributed by atoms with Crippen LogP contribution in [-0.4, -0.2) is 23.8 Å². The molecular weight excluding hydrogens is 180 g/mol. The summed E-state index contributed by atoms with van der Waals surface area (Å²) in [5.74, 6) is 0.311. The van der Waals surface area contributed by atoms with Crippen LogP contribution in [0.1, 0.15) is 46.5 Å². The third-order valence-electron chi connectivity index (χ3n) is 1.98. The maximum absolute atomic E-state index is 10.4. The van der Waals surface area contributed by atoms with Gasteiger partial charge in [0, 0.05) is 6.92 Å². The second kappa shape index (κ2) is 7.80. The van der Waals surface area contributed by atoms with Gasteiger partial charge in [0.2, 0.25) is 0 Å². The Balaban J connectivity index is 3.23. The van der Waals surface area contributed by atoms with E-state index in [1.165, 1.54) is 6.92 Å². The van der Waals surface area contributed by atoms with Gasteiger partial charge in [-0.05, 0) is 31.6 Å². The van der Waals surface area contributed by atoms with Gasteiger partial charge < -0.3 is 9.84 Å². The number of rotatable bonds is 7.